The normalized spacial score (nSPS) is 13.3. The van der Waals surface area contributed by atoms with Crippen molar-refractivity contribution in [1.82, 2.24) is 0 Å². The second-order valence-electron chi connectivity index (χ2n) is 3.15. The van der Waals surface area contributed by atoms with Gasteiger partial charge < -0.3 is 0 Å². The van der Waals surface area contributed by atoms with E-state index < -0.39 is 0 Å². The van der Waals surface area contributed by atoms with E-state index in [1.54, 1.807) is 18.2 Å². The summed E-state index contributed by atoms with van der Waals surface area (Å²) >= 11 is 0. The molecule has 0 bridgehead atoms. The lowest BCUT2D eigenvalue weighted by Crippen LogP contribution is -1.95. The third kappa shape index (κ3) is 1.32. The topological polar surface area (TPSA) is 34.1 Å². The molecular formula is C12H8O2. The fourth-order valence-electron chi connectivity index (χ4n) is 1.58. The van der Waals surface area contributed by atoms with E-state index in [2.05, 4.69) is 0 Å². The van der Waals surface area contributed by atoms with Crippen LogP contribution in [0, 0.1) is 0 Å². The van der Waals surface area contributed by atoms with Crippen molar-refractivity contribution >= 4 is 23.9 Å². The molecule has 2 rings (SSSR count). The summed E-state index contributed by atoms with van der Waals surface area (Å²) in [6.45, 7) is 0. The Labute approximate surface area is 81.6 Å². The van der Waals surface area contributed by atoms with Crippen LogP contribution >= 0.6 is 0 Å². The Kier molecular flexibility index (Phi) is 2.13. The molecule has 14 heavy (non-hydrogen) atoms. The van der Waals surface area contributed by atoms with E-state index in [1.807, 2.05) is 18.1 Å². The molecule has 2 nitrogen and oxygen atoms in total. The zero-order valence-electron chi connectivity index (χ0n) is 7.49. The number of allylic oxidation sites excluding steroid dienone is 2. The standard InChI is InChI=1S/C12H8O2/c13-7-9-4-5-12-10(6-9)2-1-3-11(12)8-14/h1-2,4-7H,3H2. The summed E-state index contributed by atoms with van der Waals surface area (Å²) in [6, 6.07) is 5.28. The molecule has 0 aliphatic heterocycles. The molecule has 0 unspecified atom stereocenters. The first-order valence-corrected chi connectivity index (χ1v) is 4.35. The largest absolute Gasteiger partial charge is 0.298 e. The third-order valence-electron chi connectivity index (χ3n) is 2.28. The van der Waals surface area contributed by atoms with Gasteiger partial charge in [-0.3, -0.25) is 4.79 Å². The van der Waals surface area contributed by atoms with Crippen LogP contribution in [0.1, 0.15) is 27.9 Å². The van der Waals surface area contributed by atoms with Crippen LogP contribution in [0.3, 0.4) is 0 Å². The van der Waals surface area contributed by atoms with Gasteiger partial charge in [-0.15, -0.1) is 0 Å². The monoisotopic (exact) mass is 184 g/mol. The van der Waals surface area contributed by atoms with E-state index in [9.17, 15) is 9.59 Å². The van der Waals surface area contributed by atoms with Crippen molar-refractivity contribution in [2.45, 2.75) is 6.42 Å². The maximum atomic E-state index is 10.6. The van der Waals surface area contributed by atoms with Crippen LogP contribution in [0.5, 0.6) is 0 Å². The molecule has 0 spiro atoms. The van der Waals surface area contributed by atoms with Crippen LogP contribution in [0.25, 0.3) is 11.6 Å². The maximum absolute atomic E-state index is 10.6. The minimum absolute atomic E-state index is 0.622. The first-order chi connectivity index (χ1) is 6.85. The zero-order chi connectivity index (χ0) is 9.97. The summed E-state index contributed by atoms with van der Waals surface area (Å²) in [7, 11) is 0. The Morgan fingerprint density at radius 3 is 2.93 bits per heavy atom. The quantitative estimate of drug-likeness (QED) is 0.495. The highest BCUT2D eigenvalue weighted by Crippen LogP contribution is 2.27. The van der Waals surface area contributed by atoms with E-state index in [-0.39, 0.29) is 0 Å². The molecule has 68 valence electrons. The van der Waals surface area contributed by atoms with E-state index in [0.717, 1.165) is 17.4 Å². The van der Waals surface area contributed by atoms with Crippen LogP contribution < -0.4 is 0 Å². The Morgan fingerprint density at radius 2 is 2.21 bits per heavy atom. The first kappa shape index (κ1) is 8.67. The molecule has 0 amide bonds. The first-order valence-electron chi connectivity index (χ1n) is 4.35. The Morgan fingerprint density at radius 1 is 1.36 bits per heavy atom. The van der Waals surface area contributed by atoms with Crippen molar-refractivity contribution in [1.29, 1.82) is 0 Å². The van der Waals surface area contributed by atoms with E-state index in [1.165, 1.54) is 0 Å². The van der Waals surface area contributed by atoms with Crippen LogP contribution in [0.4, 0.5) is 0 Å². The lowest BCUT2D eigenvalue weighted by Gasteiger charge is -2.10. The van der Waals surface area contributed by atoms with Gasteiger partial charge in [0, 0.05) is 17.6 Å². The number of carbonyl (C=O) groups is 1. The molecule has 0 fully saturated rings. The molecule has 0 aromatic heterocycles. The van der Waals surface area contributed by atoms with Crippen LogP contribution in [-0.2, 0) is 4.79 Å². The number of benzene rings is 1. The molecular weight excluding hydrogens is 176 g/mol. The minimum atomic E-state index is 0.622. The van der Waals surface area contributed by atoms with Gasteiger partial charge in [0.1, 0.15) is 12.2 Å². The van der Waals surface area contributed by atoms with Gasteiger partial charge in [-0.05, 0) is 17.2 Å². The lowest BCUT2D eigenvalue weighted by molar-refractivity contribution is 0.112. The molecule has 0 atom stereocenters. The van der Waals surface area contributed by atoms with Gasteiger partial charge in [0.2, 0.25) is 0 Å². The predicted octanol–water partition coefficient (Wildman–Crippen LogP) is 2.13. The van der Waals surface area contributed by atoms with Crippen LogP contribution in [0.2, 0.25) is 0 Å². The Balaban J connectivity index is 2.64. The predicted molar refractivity (Wildman–Crippen MR) is 54.6 cm³/mol. The fourth-order valence-corrected chi connectivity index (χ4v) is 1.58. The number of aldehydes is 1. The zero-order valence-corrected chi connectivity index (χ0v) is 7.49. The average Bonchev–Trinajstić information content (AvgIpc) is 2.27. The van der Waals surface area contributed by atoms with Gasteiger partial charge in [0.15, 0.2) is 0 Å². The van der Waals surface area contributed by atoms with Crippen molar-refractivity contribution in [2.24, 2.45) is 0 Å². The molecule has 0 saturated heterocycles. The molecule has 0 saturated carbocycles. The van der Waals surface area contributed by atoms with Gasteiger partial charge in [-0.25, -0.2) is 4.79 Å². The van der Waals surface area contributed by atoms with Crippen molar-refractivity contribution in [3.63, 3.8) is 0 Å². The van der Waals surface area contributed by atoms with Gasteiger partial charge in [-0.1, -0.05) is 24.3 Å². The summed E-state index contributed by atoms with van der Waals surface area (Å²) in [5.41, 5.74) is 3.08. The van der Waals surface area contributed by atoms with E-state index in [0.29, 0.717) is 17.6 Å². The van der Waals surface area contributed by atoms with Crippen molar-refractivity contribution in [3.8, 4) is 0 Å². The lowest BCUT2D eigenvalue weighted by atomic mass is 9.92. The fraction of sp³-hybridized carbons (Fsp3) is 0.0833. The minimum Gasteiger partial charge on any atom is -0.298 e. The number of hydrogen-bond acceptors (Lipinski definition) is 2. The molecule has 0 heterocycles. The van der Waals surface area contributed by atoms with Gasteiger partial charge in [0.05, 0.1) is 0 Å². The second-order valence-corrected chi connectivity index (χ2v) is 3.15. The Bertz CT molecular complexity index is 463. The highest BCUT2D eigenvalue weighted by atomic mass is 16.1. The highest BCUT2D eigenvalue weighted by Gasteiger charge is 2.10. The molecule has 1 aliphatic carbocycles. The SMILES string of the molecule is O=C=C1CC=Cc2cc(C=O)ccc21. The van der Waals surface area contributed by atoms with Crippen LogP contribution in [-0.4, -0.2) is 12.2 Å². The second kappa shape index (κ2) is 3.44. The van der Waals surface area contributed by atoms with Gasteiger partial charge in [-0.2, -0.15) is 0 Å². The van der Waals surface area contributed by atoms with Gasteiger partial charge >= 0.3 is 0 Å². The maximum Gasteiger partial charge on any atom is 0.150 e. The summed E-state index contributed by atoms with van der Waals surface area (Å²) in [6.07, 6.45) is 5.24. The summed E-state index contributed by atoms with van der Waals surface area (Å²) in [4.78, 5) is 21.1. The molecule has 1 aliphatic rings. The molecule has 0 radical (unpaired) electrons. The van der Waals surface area contributed by atoms with E-state index in [4.69, 9.17) is 0 Å². The number of hydrogen-bond donors (Lipinski definition) is 0. The van der Waals surface area contributed by atoms with Crippen molar-refractivity contribution < 1.29 is 9.59 Å². The molecule has 1 aromatic rings. The van der Waals surface area contributed by atoms with Crippen molar-refractivity contribution in [2.75, 3.05) is 0 Å². The highest BCUT2D eigenvalue weighted by molar-refractivity contribution is 5.94. The average molecular weight is 184 g/mol. The Hall–Kier alpha value is -1.92. The molecule has 0 N–H and O–H groups in total. The summed E-state index contributed by atoms with van der Waals surface area (Å²) < 4.78 is 0. The number of carbonyl (C=O) groups excluding carboxylic acids is 2. The number of fused-ring (bicyclic) bond motifs is 1. The van der Waals surface area contributed by atoms with Crippen LogP contribution in [0.15, 0.2) is 24.3 Å². The summed E-state index contributed by atoms with van der Waals surface area (Å²) in [5.74, 6) is 1.92. The summed E-state index contributed by atoms with van der Waals surface area (Å²) in [5, 5.41) is 0. The molecule has 1 aromatic carbocycles. The smallest absolute Gasteiger partial charge is 0.150 e. The molecule has 2 heteroatoms. The van der Waals surface area contributed by atoms with Gasteiger partial charge in [0.25, 0.3) is 0 Å². The third-order valence-corrected chi connectivity index (χ3v) is 2.28. The van der Waals surface area contributed by atoms with E-state index >= 15 is 0 Å². The number of rotatable bonds is 1. The van der Waals surface area contributed by atoms with Crippen molar-refractivity contribution in [3.05, 3.63) is 41.0 Å².